The number of aryl methyl sites for hydroxylation is 1. The first-order chi connectivity index (χ1) is 18.2. The molecule has 0 aromatic heterocycles. The number of allylic oxidation sites excluding steroid dienone is 2. The molecule has 4 N–H and O–H groups in total. The molecule has 1 saturated carbocycles. The van der Waals surface area contributed by atoms with E-state index < -0.39 is 43.4 Å². The highest BCUT2D eigenvalue weighted by Crippen LogP contribution is 2.39. The highest BCUT2D eigenvalue weighted by molar-refractivity contribution is 5.72. The highest BCUT2D eigenvalue weighted by atomic mass is 16.5. The van der Waals surface area contributed by atoms with Crippen molar-refractivity contribution < 1.29 is 39.5 Å². The van der Waals surface area contributed by atoms with E-state index in [1.54, 1.807) is 0 Å². The van der Waals surface area contributed by atoms with E-state index in [2.05, 4.69) is 0 Å². The van der Waals surface area contributed by atoms with Crippen LogP contribution >= 0.6 is 0 Å². The molecule has 214 valence electrons. The zero-order valence-corrected chi connectivity index (χ0v) is 22.8. The van der Waals surface area contributed by atoms with E-state index >= 15 is 0 Å². The Bertz CT molecular complexity index is 836. The maximum absolute atomic E-state index is 12.5. The lowest BCUT2D eigenvalue weighted by Crippen LogP contribution is -2.30. The van der Waals surface area contributed by atoms with Crippen molar-refractivity contribution in [1.29, 1.82) is 0 Å². The molecule has 0 saturated heterocycles. The lowest BCUT2D eigenvalue weighted by molar-refractivity contribution is -0.158. The van der Waals surface area contributed by atoms with Crippen molar-refractivity contribution >= 4 is 11.9 Å². The lowest BCUT2D eigenvalue weighted by atomic mass is 9.85. The number of rotatable bonds is 17. The molecule has 0 aliphatic heterocycles. The fraction of sp³-hybridized carbons (Fsp3) is 0.667. The van der Waals surface area contributed by atoms with Crippen molar-refractivity contribution in [2.24, 2.45) is 17.8 Å². The Morgan fingerprint density at radius 3 is 2.32 bits per heavy atom. The van der Waals surface area contributed by atoms with Crippen molar-refractivity contribution in [3.8, 4) is 0 Å². The summed E-state index contributed by atoms with van der Waals surface area (Å²) in [4.78, 5) is 24.1. The Hall–Kier alpha value is -2.26. The normalized spacial score (nSPS) is 22.3. The number of carbonyl (C=O) groups is 2. The zero-order valence-electron chi connectivity index (χ0n) is 22.8. The summed E-state index contributed by atoms with van der Waals surface area (Å²) in [5, 5.41) is 40.0. The van der Waals surface area contributed by atoms with Crippen LogP contribution in [0.2, 0.25) is 0 Å². The van der Waals surface area contributed by atoms with Crippen molar-refractivity contribution in [1.82, 2.24) is 0 Å². The summed E-state index contributed by atoms with van der Waals surface area (Å²) in [6.45, 7) is 2.68. The summed E-state index contributed by atoms with van der Waals surface area (Å²) in [5.41, 5.74) is 1.12. The van der Waals surface area contributed by atoms with E-state index in [9.17, 15) is 30.0 Å². The molecule has 1 aromatic carbocycles. The van der Waals surface area contributed by atoms with Crippen LogP contribution in [0.3, 0.4) is 0 Å². The third-order valence-electron chi connectivity index (χ3n) is 7.19. The van der Waals surface area contributed by atoms with Crippen LogP contribution in [-0.2, 0) is 25.5 Å². The van der Waals surface area contributed by atoms with Gasteiger partial charge in [-0.15, -0.1) is 0 Å². The Balaban J connectivity index is 1.92. The predicted molar refractivity (Wildman–Crippen MR) is 144 cm³/mol. The van der Waals surface area contributed by atoms with Gasteiger partial charge in [-0.1, -0.05) is 42.5 Å². The Kier molecular flexibility index (Phi) is 14.6. The first-order valence-electron chi connectivity index (χ1n) is 13.9. The molecule has 8 nitrogen and oxygen atoms in total. The minimum Gasteiger partial charge on any atom is -0.463 e. The molecule has 1 aromatic rings. The van der Waals surface area contributed by atoms with Crippen LogP contribution in [0.1, 0.15) is 70.8 Å². The second-order valence-electron chi connectivity index (χ2n) is 10.6. The summed E-state index contributed by atoms with van der Waals surface area (Å²) < 4.78 is 10.8. The number of hydrogen-bond donors (Lipinski definition) is 4. The SMILES string of the molecule is CC(C)OC(=O)CCCC=CC[C@@H]1[C@@H](CCC(CCc2ccccc2)OC(=O)C(CO)CO)[C@H](O)C[C@@H]1O. The maximum Gasteiger partial charge on any atom is 0.313 e. The molecule has 5 atom stereocenters. The van der Waals surface area contributed by atoms with Gasteiger partial charge in [0.05, 0.1) is 31.5 Å². The van der Waals surface area contributed by atoms with E-state index in [4.69, 9.17) is 9.47 Å². The molecule has 1 aliphatic carbocycles. The molecule has 1 aliphatic rings. The standard InChI is InChI=1S/C30H46O8/c1-21(2)37-29(35)13-9-4-3-8-12-25-26(28(34)18-27(25)33)17-16-24(38-30(36)23(19-31)20-32)15-14-22-10-6-5-7-11-22/h3,5-8,10-11,21,23-28,31-34H,4,9,12-20H2,1-2H3/t24?,25-,26-,27+,28-/m1/s1. The van der Waals surface area contributed by atoms with Gasteiger partial charge in [0.1, 0.15) is 12.0 Å². The molecule has 38 heavy (non-hydrogen) atoms. The summed E-state index contributed by atoms with van der Waals surface area (Å²) >= 11 is 0. The first-order valence-corrected chi connectivity index (χ1v) is 13.9. The Labute approximate surface area is 226 Å². The van der Waals surface area contributed by atoms with Crippen LogP contribution in [0.25, 0.3) is 0 Å². The smallest absolute Gasteiger partial charge is 0.313 e. The topological polar surface area (TPSA) is 134 Å². The zero-order chi connectivity index (χ0) is 27.9. The molecule has 1 unspecified atom stereocenters. The van der Waals surface area contributed by atoms with Gasteiger partial charge in [-0.3, -0.25) is 9.59 Å². The second-order valence-corrected chi connectivity index (χ2v) is 10.6. The first kappa shape index (κ1) is 32.0. The Morgan fingerprint density at radius 2 is 1.66 bits per heavy atom. The number of hydrogen-bond acceptors (Lipinski definition) is 8. The molecule has 0 bridgehead atoms. The van der Waals surface area contributed by atoms with Crippen LogP contribution in [0.5, 0.6) is 0 Å². The Morgan fingerprint density at radius 1 is 0.974 bits per heavy atom. The van der Waals surface area contributed by atoms with E-state index in [-0.39, 0.29) is 23.9 Å². The van der Waals surface area contributed by atoms with Crippen molar-refractivity contribution in [2.45, 2.75) is 96.1 Å². The van der Waals surface area contributed by atoms with Gasteiger partial charge in [-0.2, -0.15) is 0 Å². The lowest BCUT2D eigenvalue weighted by Gasteiger charge is -2.26. The third kappa shape index (κ3) is 11.2. The van der Waals surface area contributed by atoms with Gasteiger partial charge < -0.3 is 29.9 Å². The largest absolute Gasteiger partial charge is 0.463 e. The summed E-state index contributed by atoms with van der Waals surface area (Å²) in [6, 6.07) is 9.87. The van der Waals surface area contributed by atoms with Crippen molar-refractivity contribution in [3.05, 3.63) is 48.0 Å². The number of benzene rings is 1. The molecule has 8 heteroatoms. The fourth-order valence-electron chi connectivity index (χ4n) is 5.04. The third-order valence-corrected chi connectivity index (χ3v) is 7.19. The average molecular weight is 535 g/mol. The number of ether oxygens (including phenoxy) is 2. The molecule has 0 spiro atoms. The van der Waals surface area contributed by atoms with E-state index in [1.165, 1.54) is 0 Å². The maximum atomic E-state index is 12.5. The van der Waals surface area contributed by atoms with Crippen LogP contribution in [-0.4, -0.2) is 70.0 Å². The quantitative estimate of drug-likeness (QED) is 0.136. The van der Waals surface area contributed by atoms with Gasteiger partial charge in [0, 0.05) is 6.42 Å². The van der Waals surface area contributed by atoms with Gasteiger partial charge in [0.2, 0.25) is 0 Å². The van der Waals surface area contributed by atoms with Crippen molar-refractivity contribution in [2.75, 3.05) is 13.2 Å². The molecular weight excluding hydrogens is 488 g/mol. The summed E-state index contributed by atoms with van der Waals surface area (Å²) in [6.07, 6.45) is 7.31. The van der Waals surface area contributed by atoms with Gasteiger partial charge in [0.25, 0.3) is 0 Å². The second kappa shape index (κ2) is 17.4. The molecule has 0 radical (unpaired) electrons. The number of carbonyl (C=O) groups excluding carboxylic acids is 2. The minimum atomic E-state index is -0.974. The van der Waals surface area contributed by atoms with Gasteiger partial charge in [-0.05, 0) is 82.6 Å². The van der Waals surface area contributed by atoms with Crippen LogP contribution in [0, 0.1) is 17.8 Å². The number of aliphatic hydroxyl groups is 4. The molecule has 0 amide bonds. The minimum absolute atomic E-state index is 0.111. The van der Waals surface area contributed by atoms with Gasteiger partial charge >= 0.3 is 11.9 Å². The molecule has 0 heterocycles. The van der Waals surface area contributed by atoms with Gasteiger partial charge in [-0.25, -0.2) is 0 Å². The fourth-order valence-corrected chi connectivity index (χ4v) is 5.04. The van der Waals surface area contributed by atoms with Crippen LogP contribution in [0.4, 0.5) is 0 Å². The number of unbranched alkanes of at least 4 members (excludes halogenated alkanes) is 1. The predicted octanol–water partition coefficient (Wildman–Crippen LogP) is 3.34. The van der Waals surface area contributed by atoms with Gasteiger partial charge in [0.15, 0.2) is 0 Å². The van der Waals surface area contributed by atoms with Crippen molar-refractivity contribution in [3.63, 3.8) is 0 Å². The average Bonchev–Trinajstić information content (AvgIpc) is 3.15. The van der Waals surface area contributed by atoms with Crippen LogP contribution in [0.15, 0.2) is 42.5 Å². The van der Waals surface area contributed by atoms with Crippen LogP contribution < -0.4 is 0 Å². The summed E-state index contributed by atoms with van der Waals surface area (Å²) in [7, 11) is 0. The van der Waals surface area contributed by atoms with E-state index in [0.29, 0.717) is 51.4 Å². The van der Waals surface area contributed by atoms with E-state index in [0.717, 1.165) is 12.0 Å². The summed E-state index contributed by atoms with van der Waals surface area (Å²) in [5.74, 6) is -2.05. The molecule has 1 fully saturated rings. The van der Waals surface area contributed by atoms with E-state index in [1.807, 2.05) is 56.3 Å². The number of aliphatic hydroxyl groups excluding tert-OH is 4. The highest BCUT2D eigenvalue weighted by Gasteiger charge is 2.41. The molecule has 2 rings (SSSR count). The monoisotopic (exact) mass is 534 g/mol. The number of esters is 2. The molecular formula is C30H46O8.